The molecule has 3 rings (SSSR count). The van der Waals surface area contributed by atoms with E-state index in [2.05, 4.69) is 34.9 Å². The van der Waals surface area contributed by atoms with E-state index in [9.17, 15) is 14.4 Å². The van der Waals surface area contributed by atoms with Gasteiger partial charge in [-0.15, -0.1) is 0 Å². The average Bonchev–Trinajstić information content (AvgIpc) is 3.12. The number of nitrogens with one attached hydrogen (secondary N) is 2. The summed E-state index contributed by atoms with van der Waals surface area (Å²) in [6.07, 6.45) is 0.890. The van der Waals surface area contributed by atoms with Gasteiger partial charge in [0.1, 0.15) is 6.61 Å². The number of carbonyl (C=O) groups is 3. The van der Waals surface area contributed by atoms with Crippen LogP contribution in [0.25, 0.3) is 11.1 Å². The molecule has 176 valence electrons. The second-order valence-corrected chi connectivity index (χ2v) is 8.59. The third kappa shape index (κ3) is 6.57. The Balaban J connectivity index is 1.46. The zero-order chi connectivity index (χ0) is 23.8. The highest BCUT2D eigenvalue weighted by atomic mass is 16.5. The molecule has 0 fully saturated rings. The molecule has 2 atom stereocenters. The van der Waals surface area contributed by atoms with Gasteiger partial charge in [-0.3, -0.25) is 9.59 Å². The maximum atomic E-state index is 12.4. The molecule has 0 aromatic heterocycles. The van der Waals surface area contributed by atoms with Crippen LogP contribution in [0.15, 0.2) is 48.5 Å². The van der Waals surface area contributed by atoms with Crippen LogP contribution in [0.1, 0.15) is 56.6 Å². The Morgan fingerprint density at radius 1 is 1.03 bits per heavy atom. The van der Waals surface area contributed by atoms with Crippen molar-refractivity contribution in [2.45, 2.75) is 51.5 Å². The molecule has 0 saturated carbocycles. The molecule has 33 heavy (non-hydrogen) atoms. The Morgan fingerprint density at radius 2 is 1.64 bits per heavy atom. The standard InChI is InChI=1S/C26H32N2O5/c1-3-18(14-24(29)28-17(2)12-13-25(30)31)15-27-26(32)33-16-23-21-10-6-4-8-19(21)20-9-5-7-11-22(20)23/h4-11,17-18,23H,3,12-16H2,1-2H3,(H,27,32)(H,28,29)(H,30,31). The quantitative estimate of drug-likeness (QED) is 0.471. The number of carboxylic acid groups (broad SMARTS) is 1. The van der Waals surface area contributed by atoms with E-state index in [0.29, 0.717) is 13.0 Å². The molecule has 2 aromatic rings. The molecule has 1 aliphatic rings. The summed E-state index contributed by atoms with van der Waals surface area (Å²) in [4.78, 5) is 35.3. The summed E-state index contributed by atoms with van der Waals surface area (Å²) in [5.41, 5.74) is 4.67. The van der Waals surface area contributed by atoms with Crippen molar-refractivity contribution >= 4 is 18.0 Å². The maximum absolute atomic E-state index is 12.4. The van der Waals surface area contributed by atoms with Crippen LogP contribution in [-0.2, 0) is 14.3 Å². The van der Waals surface area contributed by atoms with Crippen molar-refractivity contribution in [3.05, 3.63) is 59.7 Å². The summed E-state index contributed by atoms with van der Waals surface area (Å²) >= 11 is 0. The molecule has 0 heterocycles. The Bertz CT molecular complexity index is 945. The number of carbonyl (C=O) groups excluding carboxylic acids is 2. The van der Waals surface area contributed by atoms with E-state index in [0.717, 1.165) is 17.5 Å². The molecule has 0 aliphatic heterocycles. The summed E-state index contributed by atoms with van der Waals surface area (Å²) in [5.74, 6) is -1.05. The summed E-state index contributed by atoms with van der Waals surface area (Å²) in [6, 6.07) is 16.1. The molecule has 0 radical (unpaired) electrons. The van der Waals surface area contributed by atoms with Crippen molar-refractivity contribution in [1.82, 2.24) is 10.6 Å². The molecule has 0 spiro atoms. The first-order valence-corrected chi connectivity index (χ1v) is 11.5. The van der Waals surface area contributed by atoms with Crippen molar-refractivity contribution in [3.8, 4) is 11.1 Å². The highest BCUT2D eigenvalue weighted by Crippen LogP contribution is 2.44. The zero-order valence-electron chi connectivity index (χ0n) is 19.2. The number of ether oxygens (including phenoxy) is 1. The van der Waals surface area contributed by atoms with Crippen LogP contribution in [0.2, 0.25) is 0 Å². The molecular weight excluding hydrogens is 420 g/mol. The lowest BCUT2D eigenvalue weighted by atomic mass is 9.98. The molecule has 1 aliphatic carbocycles. The maximum Gasteiger partial charge on any atom is 0.407 e. The molecular formula is C26H32N2O5. The van der Waals surface area contributed by atoms with Gasteiger partial charge in [0.25, 0.3) is 0 Å². The van der Waals surface area contributed by atoms with Gasteiger partial charge in [-0.2, -0.15) is 0 Å². The Hall–Kier alpha value is -3.35. The van der Waals surface area contributed by atoms with Gasteiger partial charge in [0.15, 0.2) is 0 Å². The first-order chi connectivity index (χ1) is 15.9. The predicted octanol–water partition coefficient (Wildman–Crippen LogP) is 4.31. The molecule has 2 aromatic carbocycles. The lowest BCUT2D eigenvalue weighted by molar-refractivity contribution is -0.137. The number of benzene rings is 2. The number of hydrogen-bond donors (Lipinski definition) is 3. The number of hydrogen-bond acceptors (Lipinski definition) is 4. The van der Waals surface area contributed by atoms with E-state index in [1.165, 1.54) is 11.1 Å². The van der Waals surface area contributed by atoms with Gasteiger partial charge in [-0.05, 0) is 41.5 Å². The van der Waals surface area contributed by atoms with Crippen molar-refractivity contribution < 1.29 is 24.2 Å². The number of carboxylic acids is 1. The highest BCUT2D eigenvalue weighted by Gasteiger charge is 2.29. The SMILES string of the molecule is CCC(CNC(=O)OCC1c2ccccc2-c2ccccc21)CC(=O)NC(C)CCC(=O)O. The average molecular weight is 453 g/mol. The van der Waals surface area contributed by atoms with Crippen molar-refractivity contribution in [2.24, 2.45) is 5.92 Å². The van der Waals surface area contributed by atoms with Crippen molar-refractivity contribution in [2.75, 3.05) is 13.2 Å². The minimum Gasteiger partial charge on any atom is -0.481 e. The van der Waals surface area contributed by atoms with E-state index in [1.54, 1.807) is 6.92 Å². The van der Waals surface area contributed by atoms with Crippen LogP contribution >= 0.6 is 0 Å². The Kier molecular flexibility index (Phi) is 8.46. The predicted molar refractivity (Wildman–Crippen MR) is 126 cm³/mol. The van der Waals surface area contributed by atoms with Crippen molar-refractivity contribution in [1.29, 1.82) is 0 Å². The third-order valence-corrected chi connectivity index (χ3v) is 6.13. The minimum atomic E-state index is -0.880. The molecule has 7 heteroatoms. The number of aliphatic carboxylic acids is 1. The number of amides is 2. The van der Waals surface area contributed by atoms with Crippen LogP contribution in [0.5, 0.6) is 0 Å². The first kappa shape index (κ1) is 24.3. The summed E-state index contributed by atoms with van der Waals surface area (Å²) < 4.78 is 5.55. The van der Waals surface area contributed by atoms with Crippen LogP contribution in [0.4, 0.5) is 4.79 Å². The van der Waals surface area contributed by atoms with Gasteiger partial charge in [-0.1, -0.05) is 61.9 Å². The van der Waals surface area contributed by atoms with Crippen molar-refractivity contribution in [3.63, 3.8) is 0 Å². The lowest BCUT2D eigenvalue weighted by Gasteiger charge is -2.19. The van der Waals surface area contributed by atoms with E-state index >= 15 is 0 Å². The summed E-state index contributed by atoms with van der Waals surface area (Å²) in [6.45, 7) is 4.34. The number of rotatable bonds is 11. The summed E-state index contributed by atoms with van der Waals surface area (Å²) in [5, 5.41) is 14.4. The smallest absolute Gasteiger partial charge is 0.407 e. The zero-order valence-corrected chi connectivity index (χ0v) is 19.2. The van der Waals surface area contributed by atoms with E-state index in [-0.39, 0.29) is 43.2 Å². The van der Waals surface area contributed by atoms with E-state index < -0.39 is 12.1 Å². The van der Waals surface area contributed by atoms with Crippen LogP contribution < -0.4 is 10.6 Å². The second-order valence-electron chi connectivity index (χ2n) is 8.59. The lowest BCUT2D eigenvalue weighted by Crippen LogP contribution is -2.37. The molecule has 2 amide bonds. The monoisotopic (exact) mass is 452 g/mol. The van der Waals surface area contributed by atoms with Gasteiger partial charge < -0.3 is 20.5 Å². The van der Waals surface area contributed by atoms with Crippen LogP contribution in [0, 0.1) is 5.92 Å². The molecule has 2 unspecified atom stereocenters. The van der Waals surface area contributed by atoms with Crippen LogP contribution in [0.3, 0.4) is 0 Å². The first-order valence-electron chi connectivity index (χ1n) is 11.5. The number of alkyl carbamates (subject to hydrolysis) is 1. The van der Waals surface area contributed by atoms with Gasteiger partial charge in [0, 0.05) is 31.3 Å². The molecule has 3 N–H and O–H groups in total. The van der Waals surface area contributed by atoms with Gasteiger partial charge in [0.2, 0.25) is 5.91 Å². The topological polar surface area (TPSA) is 105 Å². The Labute approximate surface area is 194 Å². The van der Waals surface area contributed by atoms with Gasteiger partial charge >= 0.3 is 12.1 Å². The normalized spacial score (nSPS) is 14.0. The minimum absolute atomic E-state index is 0.00295. The fourth-order valence-corrected chi connectivity index (χ4v) is 4.25. The molecule has 0 bridgehead atoms. The largest absolute Gasteiger partial charge is 0.481 e. The van der Waals surface area contributed by atoms with Gasteiger partial charge in [-0.25, -0.2) is 4.79 Å². The van der Waals surface area contributed by atoms with Crippen LogP contribution in [-0.4, -0.2) is 42.3 Å². The van der Waals surface area contributed by atoms with E-state index in [1.807, 2.05) is 31.2 Å². The van der Waals surface area contributed by atoms with E-state index in [4.69, 9.17) is 9.84 Å². The highest BCUT2D eigenvalue weighted by molar-refractivity contribution is 5.79. The molecule has 7 nitrogen and oxygen atoms in total. The number of fused-ring (bicyclic) bond motifs is 3. The Morgan fingerprint density at radius 3 is 2.21 bits per heavy atom. The second kappa shape index (κ2) is 11.5. The fraction of sp³-hybridized carbons (Fsp3) is 0.423. The van der Waals surface area contributed by atoms with Gasteiger partial charge in [0.05, 0.1) is 0 Å². The fourth-order valence-electron chi connectivity index (χ4n) is 4.25. The molecule has 0 saturated heterocycles. The summed E-state index contributed by atoms with van der Waals surface area (Å²) in [7, 11) is 0. The third-order valence-electron chi connectivity index (χ3n) is 6.13.